The van der Waals surface area contributed by atoms with Gasteiger partial charge in [-0.05, 0) is 15.9 Å². The number of aromatic nitrogens is 1. The standard InChI is InChI=1S/C8H5BrF5NO/c9-5-3(2-16)1-15-6(7(10)11)4(5)8(12,13)14/h1,7,16H,2H2. The van der Waals surface area contributed by atoms with Crippen LogP contribution in [0.4, 0.5) is 22.0 Å². The van der Waals surface area contributed by atoms with E-state index < -0.39 is 34.9 Å². The molecule has 0 aromatic carbocycles. The molecule has 1 heterocycles. The van der Waals surface area contributed by atoms with Gasteiger partial charge in [-0.15, -0.1) is 0 Å². The second-order valence-electron chi connectivity index (χ2n) is 2.81. The van der Waals surface area contributed by atoms with Crippen molar-refractivity contribution in [2.45, 2.75) is 19.2 Å². The SMILES string of the molecule is OCc1cnc(C(F)F)c(C(F)(F)F)c1Br. The Kier molecular flexibility index (Phi) is 3.84. The van der Waals surface area contributed by atoms with Crippen molar-refractivity contribution in [2.24, 2.45) is 0 Å². The Morgan fingerprint density at radius 1 is 1.38 bits per heavy atom. The van der Waals surface area contributed by atoms with E-state index in [0.29, 0.717) is 0 Å². The number of aliphatic hydroxyl groups is 1. The van der Waals surface area contributed by atoms with Crippen molar-refractivity contribution in [1.82, 2.24) is 4.98 Å². The van der Waals surface area contributed by atoms with Crippen molar-refractivity contribution in [1.29, 1.82) is 0 Å². The first-order chi connectivity index (χ1) is 7.29. The van der Waals surface area contributed by atoms with Gasteiger partial charge in [0.1, 0.15) is 5.69 Å². The summed E-state index contributed by atoms with van der Waals surface area (Å²) in [6, 6.07) is 0. The Labute approximate surface area is 95.2 Å². The second kappa shape index (κ2) is 4.62. The van der Waals surface area contributed by atoms with E-state index in [4.69, 9.17) is 5.11 Å². The van der Waals surface area contributed by atoms with E-state index in [1.54, 1.807) is 0 Å². The summed E-state index contributed by atoms with van der Waals surface area (Å²) in [6.45, 7) is -0.722. The van der Waals surface area contributed by atoms with E-state index >= 15 is 0 Å². The van der Waals surface area contributed by atoms with Crippen molar-refractivity contribution in [2.75, 3.05) is 0 Å². The average molecular weight is 306 g/mol. The zero-order valence-corrected chi connectivity index (χ0v) is 9.11. The molecular weight excluding hydrogens is 301 g/mol. The van der Waals surface area contributed by atoms with Crippen LogP contribution in [0.25, 0.3) is 0 Å². The first-order valence-electron chi connectivity index (χ1n) is 3.92. The van der Waals surface area contributed by atoms with Crippen molar-refractivity contribution >= 4 is 15.9 Å². The third-order valence-corrected chi connectivity index (χ3v) is 2.68. The van der Waals surface area contributed by atoms with Crippen LogP contribution in [-0.2, 0) is 12.8 Å². The topological polar surface area (TPSA) is 33.1 Å². The molecule has 0 unspecified atom stereocenters. The van der Waals surface area contributed by atoms with Crippen LogP contribution in [0.2, 0.25) is 0 Å². The van der Waals surface area contributed by atoms with Crippen molar-refractivity contribution in [3.8, 4) is 0 Å². The Balaban J connectivity index is 3.50. The highest BCUT2D eigenvalue weighted by Gasteiger charge is 2.39. The van der Waals surface area contributed by atoms with Crippen LogP contribution >= 0.6 is 15.9 Å². The Bertz CT molecular complexity index is 393. The highest BCUT2D eigenvalue weighted by atomic mass is 79.9. The summed E-state index contributed by atoms with van der Waals surface area (Å²) in [7, 11) is 0. The van der Waals surface area contributed by atoms with Crippen LogP contribution in [-0.4, -0.2) is 10.1 Å². The molecular formula is C8H5BrF5NO. The van der Waals surface area contributed by atoms with E-state index in [1.807, 2.05) is 0 Å². The molecule has 0 saturated carbocycles. The van der Waals surface area contributed by atoms with Crippen molar-refractivity contribution < 1.29 is 27.1 Å². The Morgan fingerprint density at radius 3 is 2.31 bits per heavy atom. The fraction of sp³-hybridized carbons (Fsp3) is 0.375. The van der Waals surface area contributed by atoms with E-state index in [9.17, 15) is 22.0 Å². The maximum Gasteiger partial charge on any atom is 0.419 e. The quantitative estimate of drug-likeness (QED) is 0.851. The van der Waals surface area contributed by atoms with Gasteiger partial charge in [-0.3, -0.25) is 4.98 Å². The van der Waals surface area contributed by atoms with Gasteiger partial charge < -0.3 is 5.11 Å². The summed E-state index contributed by atoms with van der Waals surface area (Å²) in [5.74, 6) is 0. The number of aliphatic hydroxyl groups excluding tert-OH is 1. The second-order valence-corrected chi connectivity index (χ2v) is 3.61. The first kappa shape index (κ1) is 13.3. The number of hydrogen-bond donors (Lipinski definition) is 1. The summed E-state index contributed by atoms with van der Waals surface area (Å²) in [5, 5.41) is 8.71. The average Bonchev–Trinajstić information content (AvgIpc) is 2.14. The van der Waals surface area contributed by atoms with Gasteiger partial charge >= 0.3 is 6.18 Å². The molecule has 1 rings (SSSR count). The largest absolute Gasteiger partial charge is 0.419 e. The molecule has 16 heavy (non-hydrogen) atoms. The van der Waals surface area contributed by atoms with Crippen LogP contribution in [0.5, 0.6) is 0 Å². The van der Waals surface area contributed by atoms with E-state index in [1.165, 1.54) is 0 Å². The molecule has 1 N–H and O–H groups in total. The minimum absolute atomic E-state index is 0.197. The summed E-state index contributed by atoms with van der Waals surface area (Å²) < 4.78 is 61.6. The Morgan fingerprint density at radius 2 is 1.94 bits per heavy atom. The molecule has 0 aliphatic rings. The van der Waals surface area contributed by atoms with Gasteiger partial charge in [-0.25, -0.2) is 8.78 Å². The number of alkyl halides is 5. The highest BCUT2D eigenvalue weighted by molar-refractivity contribution is 9.10. The molecule has 1 aromatic rings. The summed E-state index contributed by atoms with van der Waals surface area (Å²) in [6.07, 6.45) is -7.51. The van der Waals surface area contributed by atoms with E-state index in [-0.39, 0.29) is 5.56 Å². The molecule has 0 saturated heterocycles. The monoisotopic (exact) mass is 305 g/mol. The smallest absolute Gasteiger partial charge is 0.392 e. The summed E-state index contributed by atoms with van der Waals surface area (Å²) >= 11 is 2.54. The lowest BCUT2D eigenvalue weighted by atomic mass is 10.1. The normalized spacial score (nSPS) is 12.2. The van der Waals surface area contributed by atoms with Crippen molar-refractivity contribution in [3.63, 3.8) is 0 Å². The number of pyridine rings is 1. The zero-order valence-electron chi connectivity index (χ0n) is 7.52. The van der Waals surface area contributed by atoms with Gasteiger partial charge in [-0.2, -0.15) is 13.2 Å². The van der Waals surface area contributed by atoms with Crippen LogP contribution < -0.4 is 0 Å². The Hall–Kier alpha value is -0.760. The molecule has 0 aliphatic heterocycles. The lowest BCUT2D eigenvalue weighted by Crippen LogP contribution is -2.14. The molecule has 0 atom stereocenters. The van der Waals surface area contributed by atoms with Gasteiger partial charge in [0, 0.05) is 16.2 Å². The number of nitrogens with zero attached hydrogens (tertiary/aromatic N) is 1. The number of hydrogen-bond acceptors (Lipinski definition) is 2. The van der Waals surface area contributed by atoms with Crippen molar-refractivity contribution in [3.05, 3.63) is 27.5 Å². The van der Waals surface area contributed by atoms with E-state index in [2.05, 4.69) is 20.9 Å². The zero-order chi connectivity index (χ0) is 12.5. The van der Waals surface area contributed by atoms with Crippen LogP contribution in [0.15, 0.2) is 10.7 Å². The summed E-state index contributed by atoms with van der Waals surface area (Å²) in [5.41, 5.74) is -3.10. The third-order valence-electron chi connectivity index (χ3n) is 1.78. The molecule has 0 bridgehead atoms. The van der Waals surface area contributed by atoms with Gasteiger partial charge in [0.05, 0.1) is 12.2 Å². The maximum atomic E-state index is 12.5. The minimum atomic E-state index is -4.96. The minimum Gasteiger partial charge on any atom is -0.392 e. The molecule has 0 aliphatic carbocycles. The maximum absolute atomic E-state index is 12.5. The molecule has 0 amide bonds. The van der Waals surface area contributed by atoms with Gasteiger partial charge in [0.25, 0.3) is 6.43 Å². The highest BCUT2D eigenvalue weighted by Crippen LogP contribution is 2.41. The molecule has 90 valence electrons. The fourth-order valence-corrected chi connectivity index (χ4v) is 1.74. The lowest BCUT2D eigenvalue weighted by Gasteiger charge is -2.15. The predicted molar refractivity (Wildman–Crippen MR) is 47.8 cm³/mol. The van der Waals surface area contributed by atoms with Crippen LogP contribution in [0.1, 0.15) is 23.2 Å². The number of rotatable bonds is 2. The first-order valence-corrected chi connectivity index (χ1v) is 4.71. The van der Waals surface area contributed by atoms with Gasteiger partial charge in [0.15, 0.2) is 0 Å². The van der Waals surface area contributed by atoms with Gasteiger partial charge in [0.2, 0.25) is 0 Å². The van der Waals surface area contributed by atoms with Crippen LogP contribution in [0.3, 0.4) is 0 Å². The predicted octanol–water partition coefficient (Wildman–Crippen LogP) is 3.29. The fourth-order valence-electron chi connectivity index (χ4n) is 1.09. The van der Waals surface area contributed by atoms with Gasteiger partial charge in [-0.1, -0.05) is 0 Å². The molecule has 0 spiro atoms. The lowest BCUT2D eigenvalue weighted by molar-refractivity contribution is -0.140. The number of halogens is 6. The third kappa shape index (κ3) is 2.49. The summed E-state index contributed by atoms with van der Waals surface area (Å²) in [4.78, 5) is 3.02. The molecule has 0 fully saturated rings. The molecule has 0 radical (unpaired) electrons. The molecule has 8 heteroatoms. The van der Waals surface area contributed by atoms with E-state index in [0.717, 1.165) is 6.20 Å². The van der Waals surface area contributed by atoms with Crippen LogP contribution in [0, 0.1) is 0 Å². The molecule has 2 nitrogen and oxygen atoms in total. The molecule has 1 aromatic heterocycles.